The van der Waals surface area contributed by atoms with Crippen molar-refractivity contribution >= 4 is 16.5 Å². The maximum Gasteiger partial charge on any atom is 0.251 e. The molecule has 0 atom stereocenters. The fraction of sp³-hybridized carbons (Fsp3) is 0.417. The molecule has 2 aromatic heterocycles. The Balaban J connectivity index is 2.24. The van der Waals surface area contributed by atoms with Gasteiger partial charge in [-0.15, -0.1) is 5.10 Å². The highest BCUT2D eigenvalue weighted by Crippen LogP contribution is 2.18. The molecule has 2 aromatic rings. The van der Waals surface area contributed by atoms with Gasteiger partial charge in [-0.3, -0.25) is 4.79 Å². The molecule has 96 valence electrons. The van der Waals surface area contributed by atoms with Crippen molar-refractivity contribution in [2.75, 3.05) is 11.9 Å². The molecule has 2 rings (SSSR count). The van der Waals surface area contributed by atoms with E-state index in [1.165, 1.54) is 11.5 Å². The van der Waals surface area contributed by atoms with Gasteiger partial charge < -0.3 is 9.88 Å². The first-order chi connectivity index (χ1) is 8.72. The van der Waals surface area contributed by atoms with E-state index in [4.69, 9.17) is 0 Å². The van der Waals surface area contributed by atoms with Crippen molar-refractivity contribution in [3.8, 4) is 0 Å². The second kappa shape index (κ2) is 5.77. The van der Waals surface area contributed by atoms with Crippen molar-refractivity contribution < 1.29 is 0 Å². The van der Waals surface area contributed by atoms with E-state index in [-0.39, 0.29) is 5.56 Å². The SMILES string of the molecule is CCCNc1snnc1Cn1c(C)cccc1=O. The van der Waals surface area contributed by atoms with Crippen LogP contribution < -0.4 is 10.9 Å². The molecular weight excluding hydrogens is 248 g/mol. The van der Waals surface area contributed by atoms with Crippen LogP contribution in [0.3, 0.4) is 0 Å². The maximum absolute atomic E-state index is 11.8. The first-order valence-electron chi connectivity index (χ1n) is 5.94. The molecule has 0 aliphatic rings. The summed E-state index contributed by atoms with van der Waals surface area (Å²) in [5.74, 6) is 0. The average molecular weight is 264 g/mol. The van der Waals surface area contributed by atoms with Gasteiger partial charge in [0.25, 0.3) is 5.56 Å². The largest absolute Gasteiger partial charge is 0.374 e. The highest BCUT2D eigenvalue weighted by molar-refractivity contribution is 7.10. The fourth-order valence-electron chi connectivity index (χ4n) is 1.66. The lowest BCUT2D eigenvalue weighted by atomic mass is 10.3. The Morgan fingerprint density at radius 2 is 2.28 bits per heavy atom. The van der Waals surface area contributed by atoms with Crippen molar-refractivity contribution in [2.45, 2.75) is 26.8 Å². The maximum atomic E-state index is 11.8. The zero-order chi connectivity index (χ0) is 13.0. The van der Waals surface area contributed by atoms with E-state index in [0.717, 1.165) is 29.4 Å². The van der Waals surface area contributed by atoms with E-state index in [2.05, 4.69) is 21.8 Å². The van der Waals surface area contributed by atoms with E-state index in [9.17, 15) is 4.79 Å². The van der Waals surface area contributed by atoms with Crippen LogP contribution in [0.25, 0.3) is 0 Å². The number of anilines is 1. The Bertz CT molecular complexity index is 575. The normalized spacial score (nSPS) is 10.6. The van der Waals surface area contributed by atoms with Crippen LogP contribution >= 0.6 is 11.5 Å². The Kier molecular flexibility index (Phi) is 4.09. The van der Waals surface area contributed by atoms with Crippen molar-refractivity contribution in [3.63, 3.8) is 0 Å². The molecular formula is C12H16N4OS. The highest BCUT2D eigenvalue weighted by Gasteiger charge is 2.09. The van der Waals surface area contributed by atoms with Crippen molar-refractivity contribution in [3.05, 3.63) is 39.9 Å². The number of rotatable bonds is 5. The predicted octanol–water partition coefficient (Wildman–Crippen LogP) is 1.88. The second-order valence-corrected chi connectivity index (χ2v) is 4.82. The molecule has 0 radical (unpaired) electrons. The lowest BCUT2D eigenvalue weighted by Gasteiger charge is -2.08. The van der Waals surface area contributed by atoms with Crippen molar-refractivity contribution in [1.29, 1.82) is 0 Å². The number of hydrogen-bond donors (Lipinski definition) is 1. The topological polar surface area (TPSA) is 59.8 Å². The average Bonchev–Trinajstić information content (AvgIpc) is 2.79. The quantitative estimate of drug-likeness (QED) is 0.895. The number of pyridine rings is 1. The summed E-state index contributed by atoms with van der Waals surface area (Å²) in [6, 6.07) is 5.25. The molecule has 0 bridgehead atoms. The summed E-state index contributed by atoms with van der Waals surface area (Å²) in [4.78, 5) is 11.8. The van der Waals surface area contributed by atoms with Gasteiger partial charge in [-0.2, -0.15) is 0 Å². The Morgan fingerprint density at radius 3 is 3.00 bits per heavy atom. The number of aromatic nitrogens is 3. The molecule has 5 nitrogen and oxygen atoms in total. The van der Waals surface area contributed by atoms with Crippen molar-refractivity contribution in [2.24, 2.45) is 0 Å². The molecule has 0 saturated heterocycles. The van der Waals surface area contributed by atoms with Gasteiger partial charge in [-0.05, 0) is 19.4 Å². The van der Waals surface area contributed by atoms with E-state index >= 15 is 0 Å². The summed E-state index contributed by atoms with van der Waals surface area (Å²) in [5, 5.41) is 8.32. The van der Waals surface area contributed by atoms with Crippen LogP contribution in [-0.4, -0.2) is 20.7 Å². The molecule has 6 heteroatoms. The summed E-state index contributed by atoms with van der Waals surface area (Å²) >= 11 is 1.33. The number of nitrogens with zero attached hydrogens (tertiary/aromatic N) is 3. The smallest absolute Gasteiger partial charge is 0.251 e. The first kappa shape index (κ1) is 12.8. The summed E-state index contributed by atoms with van der Waals surface area (Å²) in [6.07, 6.45) is 1.04. The molecule has 0 amide bonds. The first-order valence-corrected chi connectivity index (χ1v) is 6.71. The van der Waals surface area contributed by atoms with Crippen LogP contribution in [-0.2, 0) is 6.54 Å². The zero-order valence-electron chi connectivity index (χ0n) is 10.5. The third-order valence-electron chi connectivity index (χ3n) is 2.67. The summed E-state index contributed by atoms with van der Waals surface area (Å²) in [7, 11) is 0. The zero-order valence-corrected chi connectivity index (χ0v) is 11.3. The van der Waals surface area contributed by atoms with Gasteiger partial charge in [0.2, 0.25) is 0 Å². The van der Waals surface area contributed by atoms with Crippen LogP contribution in [0.5, 0.6) is 0 Å². The Hall–Kier alpha value is -1.69. The van der Waals surface area contributed by atoms with Gasteiger partial charge in [-0.25, -0.2) is 0 Å². The van der Waals surface area contributed by atoms with Gasteiger partial charge in [0, 0.05) is 29.8 Å². The summed E-state index contributed by atoms with van der Waals surface area (Å²) in [5.41, 5.74) is 1.74. The molecule has 18 heavy (non-hydrogen) atoms. The summed E-state index contributed by atoms with van der Waals surface area (Å²) in [6.45, 7) is 5.38. The third-order valence-corrected chi connectivity index (χ3v) is 3.39. The number of hydrogen-bond acceptors (Lipinski definition) is 5. The lowest BCUT2D eigenvalue weighted by molar-refractivity contribution is 0.710. The third kappa shape index (κ3) is 2.76. The molecule has 2 heterocycles. The highest BCUT2D eigenvalue weighted by atomic mass is 32.1. The van der Waals surface area contributed by atoms with E-state index < -0.39 is 0 Å². The lowest BCUT2D eigenvalue weighted by Crippen LogP contribution is -2.22. The molecule has 0 aromatic carbocycles. The summed E-state index contributed by atoms with van der Waals surface area (Å²) < 4.78 is 5.65. The minimum Gasteiger partial charge on any atom is -0.374 e. The van der Waals surface area contributed by atoms with Crippen LogP contribution in [0.15, 0.2) is 23.0 Å². The van der Waals surface area contributed by atoms with E-state index in [0.29, 0.717) is 6.54 Å². The van der Waals surface area contributed by atoms with Gasteiger partial charge in [-0.1, -0.05) is 17.5 Å². The predicted molar refractivity (Wildman–Crippen MR) is 73.2 cm³/mol. The molecule has 1 N–H and O–H groups in total. The standard InChI is InChI=1S/C12H16N4OS/c1-3-7-13-12-10(14-15-18-12)8-16-9(2)5-4-6-11(16)17/h4-6,13H,3,7-8H2,1-2H3. The van der Waals surface area contributed by atoms with E-state index in [1.54, 1.807) is 16.7 Å². The Labute approximate surface area is 110 Å². The molecule has 0 spiro atoms. The van der Waals surface area contributed by atoms with Crippen LogP contribution in [0.2, 0.25) is 0 Å². The van der Waals surface area contributed by atoms with Crippen LogP contribution in [0, 0.1) is 6.92 Å². The van der Waals surface area contributed by atoms with Crippen LogP contribution in [0.4, 0.5) is 5.00 Å². The second-order valence-electron chi connectivity index (χ2n) is 4.07. The van der Waals surface area contributed by atoms with Gasteiger partial charge in [0.15, 0.2) is 0 Å². The molecule has 0 unspecified atom stereocenters. The van der Waals surface area contributed by atoms with Gasteiger partial charge in [0.05, 0.1) is 6.54 Å². The number of aryl methyl sites for hydroxylation is 1. The van der Waals surface area contributed by atoms with Gasteiger partial charge in [0.1, 0.15) is 10.7 Å². The molecule has 0 aliphatic heterocycles. The minimum atomic E-state index is -0.00978. The monoisotopic (exact) mass is 264 g/mol. The van der Waals surface area contributed by atoms with Crippen molar-refractivity contribution in [1.82, 2.24) is 14.2 Å². The minimum absolute atomic E-state index is 0.00978. The molecule has 0 aliphatic carbocycles. The number of nitrogens with one attached hydrogen (secondary N) is 1. The molecule has 0 saturated carbocycles. The van der Waals surface area contributed by atoms with Crippen LogP contribution in [0.1, 0.15) is 24.7 Å². The van der Waals surface area contributed by atoms with Gasteiger partial charge >= 0.3 is 0 Å². The molecule has 0 fully saturated rings. The fourth-order valence-corrected chi connectivity index (χ4v) is 2.26. The van der Waals surface area contributed by atoms with E-state index in [1.807, 2.05) is 13.0 Å². The Morgan fingerprint density at radius 1 is 1.44 bits per heavy atom.